The quantitative estimate of drug-likeness (QED) is 0.0611. The lowest BCUT2D eigenvalue weighted by Gasteiger charge is -2.48. The molecule has 6 atom stereocenters. The van der Waals surface area contributed by atoms with Crippen molar-refractivity contribution in [3.63, 3.8) is 0 Å². The fourth-order valence-corrected chi connectivity index (χ4v) is 62.2. The first-order chi connectivity index (χ1) is 31.9. The Bertz CT molecular complexity index is 1690. The lowest BCUT2D eigenvalue weighted by atomic mass is 10.4. The molecule has 69 heavy (non-hydrogen) atoms. The van der Waals surface area contributed by atoms with Crippen molar-refractivity contribution in [2.45, 2.75) is 247 Å². The van der Waals surface area contributed by atoms with Gasteiger partial charge in [-0.3, -0.25) is 0 Å². The molecule has 0 bridgehead atoms. The highest BCUT2D eigenvalue weighted by atomic mass is 28.5. The second-order valence-corrected chi connectivity index (χ2v) is 60.9. The van der Waals surface area contributed by atoms with Crippen LogP contribution < -0.4 is 10.4 Å². The maximum Gasteiger partial charge on any atom is 0.388 e. The van der Waals surface area contributed by atoms with Gasteiger partial charge < -0.3 is 37.0 Å². The van der Waals surface area contributed by atoms with Crippen molar-refractivity contribution in [3.8, 4) is 0 Å². The van der Waals surface area contributed by atoms with E-state index < -0.39 is 85.1 Å². The van der Waals surface area contributed by atoms with Crippen LogP contribution >= 0.6 is 0 Å². The Morgan fingerprint density at radius 3 is 0.739 bits per heavy atom. The van der Waals surface area contributed by atoms with E-state index in [-0.39, 0.29) is 0 Å². The van der Waals surface area contributed by atoms with E-state index in [4.69, 9.17) is 37.0 Å². The Labute approximate surface area is 436 Å². The number of hydrogen-bond donors (Lipinski definition) is 0. The summed E-state index contributed by atoms with van der Waals surface area (Å²) in [6.45, 7) is 45.8. The van der Waals surface area contributed by atoms with E-state index >= 15 is 0 Å². The van der Waals surface area contributed by atoms with Crippen LogP contribution in [-0.4, -0.2) is 85.1 Å². The van der Waals surface area contributed by atoms with Crippen LogP contribution in [0, 0.1) is 0 Å². The standard InChI is InChI=1S/C50H106O9Si10/c1-21-27-43-63(15,51-60(7,8)9)55-65(17,45-29-23-3)57-67(19,47-31-25-5)59-68(20,48-32-26-6)58-66(18,46-30-24-4)56-64(16,44-28-22-2)53-62(13,14)54-69(52-61(10,11)12,49-39-35-33-36-40-49)50-41-37-34-38-42-50/h33-42H,21-32,43-48H2,1-20H3. The van der Waals surface area contributed by atoms with Crippen LogP contribution in [0.25, 0.3) is 0 Å². The van der Waals surface area contributed by atoms with Crippen molar-refractivity contribution in [2.75, 3.05) is 0 Å². The second kappa shape index (κ2) is 29.0. The fraction of sp³-hybridized carbons (Fsp3) is 0.760. The minimum absolute atomic E-state index is 0.862. The second-order valence-electron chi connectivity index (χ2n) is 23.3. The summed E-state index contributed by atoms with van der Waals surface area (Å²) in [5.41, 5.74) is 0. The molecule has 0 aliphatic carbocycles. The van der Waals surface area contributed by atoms with Gasteiger partial charge in [-0.05, 0) is 138 Å². The van der Waals surface area contributed by atoms with Crippen LogP contribution in [-0.2, 0) is 37.0 Å². The summed E-state index contributed by atoms with van der Waals surface area (Å²) in [5.74, 6) is 0. The highest BCUT2D eigenvalue weighted by molar-refractivity contribution is 7.02. The summed E-state index contributed by atoms with van der Waals surface area (Å²) in [7, 11) is -27.6. The molecule has 6 unspecified atom stereocenters. The molecular weight excluding hydrogens is 1030 g/mol. The van der Waals surface area contributed by atoms with E-state index in [1.807, 2.05) is 0 Å². The Morgan fingerprint density at radius 2 is 0.507 bits per heavy atom. The summed E-state index contributed by atoms with van der Waals surface area (Å²) in [6, 6.07) is 26.8. The zero-order chi connectivity index (χ0) is 52.3. The average molecular weight is 1130 g/mol. The zero-order valence-electron chi connectivity index (χ0n) is 48.2. The Balaban J connectivity index is 2.77. The molecule has 0 amide bonds. The van der Waals surface area contributed by atoms with Gasteiger partial charge in [0.2, 0.25) is 0 Å². The van der Waals surface area contributed by atoms with Gasteiger partial charge in [0.15, 0.2) is 16.6 Å². The molecule has 0 fully saturated rings. The molecular formula is C50H106O9Si10. The van der Waals surface area contributed by atoms with Crippen LogP contribution in [0.15, 0.2) is 60.7 Å². The van der Waals surface area contributed by atoms with Gasteiger partial charge in [-0.2, -0.15) is 0 Å². The maximum atomic E-state index is 7.89. The molecule has 0 aliphatic heterocycles. The molecule has 0 heterocycles. The monoisotopic (exact) mass is 1130 g/mol. The molecule has 2 aromatic carbocycles. The predicted octanol–water partition coefficient (Wildman–Crippen LogP) is 16.0. The van der Waals surface area contributed by atoms with E-state index in [2.05, 4.69) is 194 Å². The molecule has 0 radical (unpaired) electrons. The summed E-state index contributed by atoms with van der Waals surface area (Å²) < 4.78 is 68.8. The van der Waals surface area contributed by atoms with Gasteiger partial charge in [0, 0.05) is 0 Å². The van der Waals surface area contributed by atoms with Crippen molar-refractivity contribution >= 4 is 95.5 Å². The SMILES string of the molecule is CCCC[Si](C)(O[Si](C)(C)C)O[Si](C)(CCCC)O[Si](C)(CCCC)O[Si](C)(CCCC)O[Si](C)(CCCC)O[Si](C)(CCCC)O[Si](C)(C)O[Si](O[Si](C)(C)C)(c1ccccc1)c1ccccc1. The van der Waals surface area contributed by atoms with Crippen molar-refractivity contribution in [2.24, 2.45) is 0 Å². The third-order valence-electron chi connectivity index (χ3n) is 12.2. The normalized spacial score (nSPS) is 18.4. The van der Waals surface area contributed by atoms with Crippen molar-refractivity contribution < 1.29 is 37.0 Å². The van der Waals surface area contributed by atoms with Crippen LogP contribution in [0.2, 0.25) is 128 Å². The first kappa shape index (κ1) is 65.4. The first-order valence-corrected chi connectivity index (χ1v) is 54.0. The molecule has 0 spiro atoms. The predicted molar refractivity (Wildman–Crippen MR) is 320 cm³/mol. The lowest BCUT2D eigenvalue weighted by molar-refractivity contribution is 0.241. The number of benzene rings is 2. The minimum atomic E-state index is -3.27. The molecule has 0 saturated carbocycles. The highest BCUT2D eigenvalue weighted by Crippen LogP contribution is 2.39. The number of unbranched alkanes of at least 4 members (excludes halogenated alkanes) is 6. The number of rotatable bonds is 38. The zero-order valence-corrected chi connectivity index (χ0v) is 58.2. The van der Waals surface area contributed by atoms with Crippen LogP contribution in [0.3, 0.4) is 0 Å². The van der Waals surface area contributed by atoms with Gasteiger partial charge in [0.05, 0.1) is 0 Å². The van der Waals surface area contributed by atoms with Gasteiger partial charge in [-0.1, -0.05) is 179 Å². The first-order valence-electron chi connectivity index (χ1n) is 27.4. The summed E-state index contributed by atoms with van der Waals surface area (Å²) in [6.07, 6.45) is 12.7. The molecule has 19 heteroatoms. The molecule has 2 aromatic rings. The molecule has 9 nitrogen and oxygen atoms in total. The van der Waals surface area contributed by atoms with E-state index in [1.54, 1.807) is 0 Å². The van der Waals surface area contributed by atoms with Gasteiger partial charge in [0.1, 0.15) is 0 Å². The Morgan fingerprint density at radius 1 is 0.275 bits per heavy atom. The van der Waals surface area contributed by atoms with Crippen LogP contribution in [0.5, 0.6) is 0 Å². The molecule has 0 aromatic heterocycles. The molecule has 0 N–H and O–H groups in total. The third-order valence-corrected chi connectivity index (χ3v) is 53.8. The van der Waals surface area contributed by atoms with Gasteiger partial charge in [-0.15, -0.1) is 0 Å². The average Bonchev–Trinajstić information content (AvgIpc) is 3.23. The lowest BCUT2D eigenvalue weighted by Crippen LogP contribution is -2.71. The summed E-state index contributed by atoms with van der Waals surface area (Å²) in [5, 5.41) is 2.21. The topological polar surface area (TPSA) is 83.1 Å². The molecule has 2 rings (SSSR count). The van der Waals surface area contributed by atoms with Crippen molar-refractivity contribution in [3.05, 3.63) is 60.7 Å². The molecule has 400 valence electrons. The fourth-order valence-electron chi connectivity index (χ4n) is 9.71. The van der Waals surface area contributed by atoms with Crippen molar-refractivity contribution in [1.82, 2.24) is 0 Å². The van der Waals surface area contributed by atoms with E-state index in [1.165, 1.54) is 0 Å². The van der Waals surface area contributed by atoms with E-state index in [0.717, 1.165) is 124 Å². The van der Waals surface area contributed by atoms with E-state index in [0.29, 0.717) is 0 Å². The number of hydrogen-bond acceptors (Lipinski definition) is 9. The minimum Gasteiger partial charge on any atom is -0.437 e. The maximum absolute atomic E-state index is 7.89. The van der Waals surface area contributed by atoms with Crippen molar-refractivity contribution in [1.29, 1.82) is 0 Å². The van der Waals surface area contributed by atoms with Gasteiger partial charge in [0.25, 0.3) is 0 Å². The van der Waals surface area contributed by atoms with Crippen LogP contribution in [0.1, 0.15) is 119 Å². The van der Waals surface area contributed by atoms with Gasteiger partial charge in [-0.25, -0.2) is 0 Å². The molecule has 0 saturated heterocycles. The largest absolute Gasteiger partial charge is 0.437 e. The molecule has 0 aliphatic rings. The van der Waals surface area contributed by atoms with Gasteiger partial charge >= 0.3 is 68.5 Å². The Hall–Kier alpha value is 0.249. The smallest absolute Gasteiger partial charge is 0.388 e. The Kier molecular flexibility index (Phi) is 27.4. The van der Waals surface area contributed by atoms with Crippen LogP contribution in [0.4, 0.5) is 0 Å². The summed E-state index contributed by atoms with van der Waals surface area (Å²) >= 11 is 0. The summed E-state index contributed by atoms with van der Waals surface area (Å²) in [4.78, 5) is 0. The third kappa shape index (κ3) is 23.8. The highest BCUT2D eigenvalue weighted by Gasteiger charge is 2.57. The van der Waals surface area contributed by atoms with E-state index in [9.17, 15) is 0 Å².